The standard InChI is InChI=1S/C25H26N4O3/c1-3-31-22-13-6-7-14-23(22)32-17-16-29-21-12-5-4-10-19(21)28-24(29)18(2)27-25(30)20-11-8-9-15-26-20/h4-15,18H,3,16-17H2,1-2H3,(H,27,30). The lowest BCUT2D eigenvalue weighted by atomic mass is 10.2. The van der Waals surface area contributed by atoms with Gasteiger partial charge < -0.3 is 19.4 Å². The number of carbonyl (C=O) groups is 1. The van der Waals surface area contributed by atoms with Crippen molar-refractivity contribution in [3.8, 4) is 11.5 Å². The molecule has 1 unspecified atom stereocenters. The molecule has 4 aromatic rings. The number of nitrogens with one attached hydrogen (secondary N) is 1. The van der Waals surface area contributed by atoms with Crippen molar-refractivity contribution >= 4 is 16.9 Å². The summed E-state index contributed by atoms with van der Waals surface area (Å²) >= 11 is 0. The van der Waals surface area contributed by atoms with E-state index in [2.05, 4.69) is 14.9 Å². The maximum atomic E-state index is 12.6. The molecule has 7 heteroatoms. The van der Waals surface area contributed by atoms with E-state index in [1.807, 2.05) is 62.4 Å². The predicted molar refractivity (Wildman–Crippen MR) is 123 cm³/mol. The number of rotatable bonds is 9. The number of hydrogen-bond donors (Lipinski definition) is 1. The third-order valence-electron chi connectivity index (χ3n) is 5.04. The molecule has 32 heavy (non-hydrogen) atoms. The minimum absolute atomic E-state index is 0.237. The molecule has 0 spiro atoms. The highest BCUT2D eigenvalue weighted by Crippen LogP contribution is 2.27. The topological polar surface area (TPSA) is 78.3 Å². The Morgan fingerprint density at radius 1 is 1.00 bits per heavy atom. The molecule has 0 radical (unpaired) electrons. The van der Waals surface area contributed by atoms with Crippen LogP contribution in [-0.4, -0.2) is 33.7 Å². The molecule has 0 saturated carbocycles. The largest absolute Gasteiger partial charge is 0.490 e. The van der Waals surface area contributed by atoms with Gasteiger partial charge in [-0.2, -0.15) is 0 Å². The Bertz CT molecular complexity index is 1190. The Morgan fingerprint density at radius 2 is 1.72 bits per heavy atom. The van der Waals surface area contributed by atoms with Gasteiger partial charge in [-0.05, 0) is 50.2 Å². The number of hydrogen-bond acceptors (Lipinski definition) is 5. The third-order valence-corrected chi connectivity index (χ3v) is 5.04. The Hall–Kier alpha value is -3.87. The minimum atomic E-state index is -0.312. The Morgan fingerprint density at radius 3 is 2.47 bits per heavy atom. The predicted octanol–water partition coefficient (Wildman–Crippen LogP) is 4.40. The van der Waals surface area contributed by atoms with Crippen LogP contribution in [0.2, 0.25) is 0 Å². The lowest BCUT2D eigenvalue weighted by Crippen LogP contribution is -2.29. The molecule has 0 bridgehead atoms. The van der Waals surface area contributed by atoms with Gasteiger partial charge in [0.25, 0.3) is 5.91 Å². The van der Waals surface area contributed by atoms with Gasteiger partial charge in [-0.25, -0.2) is 4.98 Å². The number of nitrogens with zero attached hydrogens (tertiary/aromatic N) is 3. The molecule has 0 aliphatic rings. The SMILES string of the molecule is CCOc1ccccc1OCCn1c(C(C)NC(=O)c2ccccn2)nc2ccccc21. The van der Waals surface area contributed by atoms with Crippen LogP contribution in [-0.2, 0) is 6.54 Å². The fraction of sp³-hybridized carbons (Fsp3) is 0.240. The van der Waals surface area contributed by atoms with Gasteiger partial charge in [-0.3, -0.25) is 9.78 Å². The van der Waals surface area contributed by atoms with E-state index < -0.39 is 0 Å². The van der Waals surface area contributed by atoms with E-state index in [0.717, 1.165) is 22.6 Å². The Kier molecular flexibility index (Phi) is 6.65. The summed E-state index contributed by atoms with van der Waals surface area (Å²) < 4.78 is 13.8. The average molecular weight is 431 g/mol. The molecule has 1 amide bonds. The van der Waals surface area contributed by atoms with Crippen LogP contribution in [0.15, 0.2) is 72.9 Å². The second-order valence-electron chi connectivity index (χ2n) is 7.25. The van der Waals surface area contributed by atoms with E-state index >= 15 is 0 Å². The fourth-order valence-corrected chi connectivity index (χ4v) is 3.58. The lowest BCUT2D eigenvalue weighted by Gasteiger charge is -2.17. The molecule has 1 N–H and O–H groups in total. The lowest BCUT2D eigenvalue weighted by molar-refractivity contribution is 0.0932. The second kappa shape index (κ2) is 9.96. The van der Waals surface area contributed by atoms with Gasteiger partial charge in [0.15, 0.2) is 11.5 Å². The number of pyridine rings is 1. The molecule has 164 valence electrons. The summed E-state index contributed by atoms with van der Waals surface area (Å²) in [6, 6.07) is 20.5. The highest BCUT2D eigenvalue weighted by molar-refractivity contribution is 5.92. The maximum absolute atomic E-state index is 12.6. The van der Waals surface area contributed by atoms with E-state index in [1.54, 1.807) is 24.4 Å². The first-order valence-electron chi connectivity index (χ1n) is 10.7. The summed E-state index contributed by atoms with van der Waals surface area (Å²) in [7, 11) is 0. The quantitative estimate of drug-likeness (QED) is 0.426. The molecule has 2 aromatic heterocycles. The van der Waals surface area contributed by atoms with E-state index in [-0.39, 0.29) is 11.9 Å². The summed E-state index contributed by atoms with van der Waals surface area (Å²) in [5.41, 5.74) is 2.23. The number of ether oxygens (including phenoxy) is 2. The third kappa shape index (κ3) is 4.72. The van der Waals surface area contributed by atoms with Crippen LogP contribution in [0.1, 0.15) is 36.2 Å². The van der Waals surface area contributed by atoms with Crippen molar-refractivity contribution in [1.82, 2.24) is 19.9 Å². The van der Waals surface area contributed by atoms with Gasteiger partial charge in [-0.1, -0.05) is 30.3 Å². The number of amides is 1. The molecule has 1 atom stereocenters. The van der Waals surface area contributed by atoms with Crippen LogP contribution in [0.3, 0.4) is 0 Å². The molecule has 7 nitrogen and oxygen atoms in total. The molecule has 2 heterocycles. The van der Waals surface area contributed by atoms with Crippen molar-refractivity contribution in [2.24, 2.45) is 0 Å². The van der Waals surface area contributed by atoms with E-state index in [0.29, 0.717) is 31.2 Å². The molecule has 0 saturated heterocycles. The Labute approximate surface area is 187 Å². The second-order valence-corrected chi connectivity index (χ2v) is 7.25. The average Bonchev–Trinajstić information content (AvgIpc) is 3.20. The summed E-state index contributed by atoms with van der Waals surface area (Å²) in [6.45, 7) is 5.44. The molecule has 2 aromatic carbocycles. The van der Waals surface area contributed by atoms with Crippen LogP contribution >= 0.6 is 0 Å². The summed E-state index contributed by atoms with van der Waals surface area (Å²) in [6.07, 6.45) is 1.60. The molecular weight excluding hydrogens is 404 g/mol. The van der Waals surface area contributed by atoms with Gasteiger partial charge in [-0.15, -0.1) is 0 Å². The van der Waals surface area contributed by atoms with Gasteiger partial charge in [0.05, 0.1) is 30.2 Å². The number of aromatic nitrogens is 3. The number of imidazole rings is 1. The van der Waals surface area contributed by atoms with Crippen molar-refractivity contribution in [3.05, 3.63) is 84.4 Å². The number of carbonyl (C=O) groups excluding carboxylic acids is 1. The zero-order chi connectivity index (χ0) is 22.3. The van der Waals surface area contributed by atoms with E-state index in [1.165, 1.54) is 0 Å². The van der Waals surface area contributed by atoms with Crippen molar-refractivity contribution in [1.29, 1.82) is 0 Å². The monoisotopic (exact) mass is 430 g/mol. The van der Waals surface area contributed by atoms with Crippen LogP contribution in [0.4, 0.5) is 0 Å². The zero-order valence-electron chi connectivity index (χ0n) is 18.2. The van der Waals surface area contributed by atoms with Gasteiger partial charge >= 0.3 is 0 Å². The van der Waals surface area contributed by atoms with Crippen molar-refractivity contribution in [2.45, 2.75) is 26.4 Å². The normalized spacial score (nSPS) is 11.8. The fourth-order valence-electron chi connectivity index (χ4n) is 3.58. The number of fused-ring (bicyclic) bond motifs is 1. The van der Waals surface area contributed by atoms with Gasteiger partial charge in [0, 0.05) is 6.20 Å². The van der Waals surface area contributed by atoms with Crippen LogP contribution in [0.25, 0.3) is 11.0 Å². The molecule has 0 aliphatic carbocycles. The highest BCUT2D eigenvalue weighted by atomic mass is 16.5. The molecule has 4 rings (SSSR count). The van der Waals surface area contributed by atoms with Crippen molar-refractivity contribution < 1.29 is 14.3 Å². The van der Waals surface area contributed by atoms with Crippen LogP contribution < -0.4 is 14.8 Å². The van der Waals surface area contributed by atoms with Crippen LogP contribution in [0, 0.1) is 0 Å². The number of benzene rings is 2. The van der Waals surface area contributed by atoms with E-state index in [4.69, 9.17) is 14.5 Å². The first-order valence-corrected chi connectivity index (χ1v) is 10.7. The number of para-hydroxylation sites is 4. The van der Waals surface area contributed by atoms with E-state index in [9.17, 15) is 4.79 Å². The van der Waals surface area contributed by atoms with Crippen LogP contribution in [0.5, 0.6) is 11.5 Å². The molecule has 0 aliphatic heterocycles. The first-order chi connectivity index (χ1) is 15.7. The summed E-state index contributed by atoms with van der Waals surface area (Å²) in [5, 5.41) is 3.00. The van der Waals surface area contributed by atoms with Gasteiger partial charge in [0.1, 0.15) is 18.1 Å². The maximum Gasteiger partial charge on any atom is 0.270 e. The minimum Gasteiger partial charge on any atom is -0.490 e. The zero-order valence-corrected chi connectivity index (χ0v) is 18.2. The smallest absolute Gasteiger partial charge is 0.270 e. The summed E-state index contributed by atoms with van der Waals surface area (Å²) in [5.74, 6) is 1.95. The first kappa shape index (κ1) is 21.4. The van der Waals surface area contributed by atoms with Gasteiger partial charge in [0.2, 0.25) is 0 Å². The molecular formula is C25H26N4O3. The Balaban J connectivity index is 1.53. The van der Waals surface area contributed by atoms with Crippen molar-refractivity contribution in [2.75, 3.05) is 13.2 Å². The molecule has 0 fully saturated rings. The highest BCUT2D eigenvalue weighted by Gasteiger charge is 2.19. The van der Waals surface area contributed by atoms with Crippen molar-refractivity contribution in [3.63, 3.8) is 0 Å². The summed E-state index contributed by atoms with van der Waals surface area (Å²) in [4.78, 5) is 21.5.